The van der Waals surface area contributed by atoms with Crippen LogP contribution in [-0.4, -0.2) is 0 Å². The molecule has 0 spiro atoms. The molecule has 0 radical (unpaired) electrons. The second kappa shape index (κ2) is 14.0. The van der Waals surface area contributed by atoms with Crippen molar-refractivity contribution in [3.8, 4) is 44.5 Å². The highest BCUT2D eigenvalue weighted by Gasteiger charge is 2.23. The summed E-state index contributed by atoms with van der Waals surface area (Å²) in [6, 6.07) is 81.6. The van der Waals surface area contributed by atoms with Gasteiger partial charge in [-0.1, -0.05) is 188 Å². The zero-order valence-electron chi connectivity index (χ0n) is 30.3. The summed E-state index contributed by atoms with van der Waals surface area (Å²) in [4.78, 5) is 2.48. The van der Waals surface area contributed by atoms with Gasteiger partial charge in [0.05, 0.1) is 11.4 Å². The van der Waals surface area contributed by atoms with E-state index in [9.17, 15) is 0 Å². The smallest absolute Gasteiger partial charge is 0.0540 e. The summed E-state index contributed by atoms with van der Waals surface area (Å²) in [6.45, 7) is 0. The van der Waals surface area contributed by atoms with E-state index >= 15 is 0 Å². The second-order valence-corrected chi connectivity index (χ2v) is 14.1. The first-order valence-electron chi connectivity index (χ1n) is 18.9. The maximum atomic E-state index is 2.48. The fourth-order valence-corrected chi connectivity index (χ4v) is 8.25. The lowest BCUT2D eigenvalue weighted by molar-refractivity contribution is 1.28. The van der Waals surface area contributed by atoms with Crippen molar-refractivity contribution in [2.75, 3.05) is 4.90 Å². The highest BCUT2D eigenvalue weighted by molar-refractivity contribution is 6.15. The van der Waals surface area contributed by atoms with Crippen LogP contribution in [0.25, 0.3) is 76.8 Å². The number of para-hydroxylation sites is 2. The summed E-state index contributed by atoms with van der Waals surface area (Å²) in [5, 5.41) is 7.45. The van der Waals surface area contributed by atoms with Gasteiger partial charge in [-0.25, -0.2) is 0 Å². The Balaban J connectivity index is 1.27. The molecule has 0 aliphatic carbocycles. The number of anilines is 3. The summed E-state index contributed by atoms with van der Waals surface area (Å²) in [5.74, 6) is 0. The standard InChI is InChI=1S/C54H37N/c1-3-18-39(19-4-1)46-34-33-44(37-51(46)40-20-5-2-6-21-40)55(53-29-15-13-25-47(53)43-32-31-38-17-7-8-22-41(38)35-43)54-30-16-14-28-50(54)52-36-42-23-9-10-24-45(42)48-26-11-12-27-49(48)52/h1-37H. The van der Waals surface area contributed by atoms with Crippen LogP contribution in [0.15, 0.2) is 224 Å². The Morgan fingerprint density at radius 2 is 0.782 bits per heavy atom. The summed E-state index contributed by atoms with van der Waals surface area (Å²) in [6.07, 6.45) is 0. The molecule has 10 aromatic rings. The Morgan fingerprint density at radius 3 is 1.53 bits per heavy atom. The van der Waals surface area contributed by atoms with Crippen LogP contribution in [0.1, 0.15) is 0 Å². The van der Waals surface area contributed by atoms with Crippen LogP contribution in [0.2, 0.25) is 0 Å². The molecule has 0 saturated carbocycles. The van der Waals surface area contributed by atoms with Crippen LogP contribution in [0.4, 0.5) is 17.1 Å². The van der Waals surface area contributed by atoms with Crippen LogP contribution < -0.4 is 4.90 Å². The van der Waals surface area contributed by atoms with E-state index < -0.39 is 0 Å². The van der Waals surface area contributed by atoms with Gasteiger partial charge in [-0.2, -0.15) is 0 Å². The fraction of sp³-hybridized carbons (Fsp3) is 0. The molecule has 0 atom stereocenters. The zero-order valence-corrected chi connectivity index (χ0v) is 30.3. The highest BCUT2D eigenvalue weighted by Crippen LogP contribution is 2.48. The van der Waals surface area contributed by atoms with E-state index in [-0.39, 0.29) is 0 Å². The van der Waals surface area contributed by atoms with Crippen molar-refractivity contribution < 1.29 is 0 Å². The molecule has 0 aliphatic heterocycles. The Kier molecular flexibility index (Phi) is 8.24. The molecule has 1 heteroatoms. The molecule has 0 aliphatic rings. The lowest BCUT2D eigenvalue weighted by Crippen LogP contribution is -2.13. The third kappa shape index (κ3) is 5.93. The second-order valence-electron chi connectivity index (χ2n) is 14.1. The van der Waals surface area contributed by atoms with Crippen LogP contribution in [-0.2, 0) is 0 Å². The maximum Gasteiger partial charge on any atom is 0.0540 e. The number of hydrogen-bond acceptors (Lipinski definition) is 1. The van der Waals surface area contributed by atoms with E-state index in [2.05, 4.69) is 229 Å². The molecule has 10 rings (SSSR count). The Hall–Kier alpha value is -7.22. The molecule has 0 saturated heterocycles. The van der Waals surface area contributed by atoms with Gasteiger partial charge in [-0.05, 0) is 102 Å². The van der Waals surface area contributed by atoms with E-state index in [0.29, 0.717) is 0 Å². The molecule has 0 heterocycles. The summed E-state index contributed by atoms with van der Waals surface area (Å²) in [5.41, 5.74) is 12.8. The number of nitrogens with zero attached hydrogens (tertiary/aromatic N) is 1. The van der Waals surface area contributed by atoms with Crippen molar-refractivity contribution in [3.05, 3.63) is 224 Å². The molecular formula is C54H37N. The van der Waals surface area contributed by atoms with Crippen LogP contribution in [0, 0.1) is 0 Å². The quantitative estimate of drug-likeness (QED) is 0.150. The number of fused-ring (bicyclic) bond motifs is 4. The van der Waals surface area contributed by atoms with Gasteiger partial charge in [0, 0.05) is 16.8 Å². The Bertz CT molecular complexity index is 2980. The van der Waals surface area contributed by atoms with Crippen molar-refractivity contribution in [1.82, 2.24) is 0 Å². The van der Waals surface area contributed by atoms with Gasteiger partial charge >= 0.3 is 0 Å². The van der Waals surface area contributed by atoms with E-state index in [1.54, 1.807) is 0 Å². The SMILES string of the molecule is c1ccc(-c2ccc(N(c3ccccc3-c3ccc4ccccc4c3)c3ccccc3-c3cc4ccccc4c4ccccc34)cc2-c2ccccc2)cc1. The zero-order chi connectivity index (χ0) is 36.6. The minimum absolute atomic E-state index is 1.09. The molecular weight excluding hydrogens is 663 g/mol. The van der Waals surface area contributed by atoms with Gasteiger partial charge in [-0.3, -0.25) is 0 Å². The molecule has 0 aromatic heterocycles. The largest absolute Gasteiger partial charge is 0.309 e. The van der Waals surface area contributed by atoms with Gasteiger partial charge in [0.15, 0.2) is 0 Å². The Labute approximate surface area is 322 Å². The van der Waals surface area contributed by atoms with Crippen molar-refractivity contribution in [2.24, 2.45) is 0 Å². The minimum Gasteiger partial charge on any atom is -0.309 e. The van der Waals surface area contributed by atoms with E-state index in [1.165, 1.54) is 76.8 Å². The molecule has 0 amide bonds. The van der Waals surface area contributed by atoms with Crippen molar-refractivity contribution in [1.29, 1.82) is 0 Å². The normalized spacial score (nSPS) is 11.3. The minimum atomic E-state index is 1.09. The average molecular weight is 700 g/mol. The number of hydrogen-bond donors (Lipinski definition) is 0. The summed E-state index contributed by atoms with van der Waals surface area (Å²) >= 11 is 0. The first-order chi connectivity index (χ1) is 27.3. The van der Waals surface area contributed by atoms with Gasteiger partial charge in [0.1, 0.15) is 0 Å². The van der Waals surface area contributed by atoms with Gasteiger partial charge < -0.3 is 4.90 Å². The molecule has 0 fully saturated rings. The molecule has 10 aromatic carbocycles. The topological polar surface area (TPSA) is 3.24 Å². The van der Waals surface area contributed by atoms with E-state index in [0.717, 1.165) is 17.1 Å². The van der Waals surface area contributed by atoms with Gasteiger partial charge in [0.25, 0.3) is 0 Å². The lowest BCUT2D eigenvalue weighted by atomic mass is 9.91. The van der Waals surface area contributed by atoms with Gasteiger partial charge in [-0.15, -0.1) is 0 Å². The summed E-state index contributed by atoms with van der Waals surface area (Å²) < 4.78 is 0. The Morgan fingerprint density at radius 1 is 0.236 bits per heavy atom. The third-order valence-corrected chi connectivity index (χ3v) is 10.8. The molecule has 1 nitrogen and oxygen atoms in total. The number of rotatable bonds is 7. The molecule has 258 valence electrons. The average Bonchev–Trinajstić information content (AvgIpc) is 3.27. The monoisotopic (exact) mass is 699 g/mol. The molecule has 0 bridgehead atoms. The number of benzene rings is 10. The summed E-state index contributed by atoms with van der Waals surface area (Å²) in [7, 11) is 0. The molecule has 0 unspecified atom stereocenters. The first-order valence-corrected chi connectivity index (χ1v) is 18.9. The predicted octanol–water partition coefficient (Wildman–Crippen LogP) is 15.3. The van der Waals surface area contributed by atoms with E-state index in [4.69, 9.17) is 0 Å². The van der Waals surface area contributed by atoms with E-state index in [1.807, 2.05) is 0 Å². The molecule has 0 N–H and O–H groups in total. The fourth-order valence-electron chi connectivity index (χ4n) is 8.25. The maximum absolute atomic E-state index is 2.48. The van der Waals surface area contributed by atoms with Crippen LogP contribution in [0.5, 0.6) is 0 Å². The van der Waals surface area contributed by atoms with Crippen LogP contribution in [0.3, 0.4) is 0 Å². The third-order valence-electron chi connectivity index (χ3n) is 10.8. The van der Waals surface area contributed by atoms with Crippen LogP contribution >= 0.6 is 0 Å². The van der Waals surface area contributed by atoms with Gasteiger partial charge in [0.2, 0.25) is 0 Å². The lowest BCUT2D eigenvalue weighted by Gasteiger charge is -2.31. The van der Waals surface area contributed by atoms with Crippen molar-refractivity contribution in [3.63, 3.8) is 0 Å². The van der Waals surface area contributed by atoms with Crippen molar-refractivity contribution >= 4 is 49.4 Å². The van der Waals surface area contributed by atoms with Crippen molar-refractivity contribution in [2.45, 2.75) is 0 Å². The molecule has 55 heavy (non-hydrogen) atoms. The highest BCUT2D eigenvalue weighted by atomic mass is 15.1. The first kappa shape index (κ1) is 32.4. The predicted molar refractivity (Wildman–Crippen MR) is 235 cm³/mol.